The Balaban J connectivity index is 2.53. The number of rotatable bonds is 5. The Morgan fingerprint density at radius 2 is 2.10 bits per heavy atom. The lowest BCUT2D eigenvalue weighted by atomic mass is 10.0. The number of nitrogens with zero attached hydrogens (tertiary/aromatic N) is 4. The van der Waals surface area contributed by atoms with Crippen LogP contribution in [0, 0.1) is 6.92 Å². The van der Waals surface area contributed by atoms with Crippen LogP contribution in [0.5, 0.6) is 5.75 Å². The van der Waals surface area contributed by atoms with E-state index in [9.17, 15) is 0 Å². The van der Waals surface area contributed by atoms with Crippen LogP contribution in [0.2, 0.25) is 0 Å². The maximum atomic E-state index is 6.45. The minimum atomic E-state index is -0.323. The Labute approximate surface area is 119 Å². The molecular weight excluding hydrogens is 254 g/mol. The van der Waals surface area contributed by atoms with E-state index in [0.717, 1.165) is 35.6 Å². The number of methoxy groups -OCH3 is 1. The highest BCUT2D eigenvalue weighted by Gasteiger charge is 2.22. The normalized spacial score (nSPS) is 12.4. The van der Waals surface area contributed by atoms with Crippen molar-refractivity contribution in [2.24, 2.45) is 5.73 Å². The zero-order valence-electron chi connectivity index (χ0n) is 12.4. The molecule has 2 rings (SSSR count). The highest BCUT2D eigenvalue weighted by molar-refractivity contribution is 5.38. The zero-order chi connectivity index (χ0) is 14.7. The fourth-order valence-electron chi connectivity index (χ4n) is 2.33. The molecule has 6 heteroatoms. The molecule has 2 aromatic rings. The number of ether oxygens (including phenoxy) is 1. The van der Waals surface area contributed by atoms with Gasteiger partial charge in [-0.05, 0) is 26.3 Å². The van der Waals surface area contributed by atoms with Gasteiger partial charge in [0, 0.05) is 12.1 Å². The summed E-state index contributed by atoms with van der Waals surface area (Å²) in [4.78, 5) is 0. The molecule has 0 amide bonds. The van der Waals surface area contributed by atoms with E-state index in [-0.39, 0.29) is 6.04 Å². The average molecular weight is 275 g/mol. The predicted molar refractivity (Wildman–Crippen MR) is 76.6 cm³/mol. The third-order valence-corrected chi connectivity index (χ3v) is 3.35. The summed E-state index contributed by atoms with van der Waals surface area (Å²) in [5, 5.41) is 12.6. The minimum Gasteiger partial charge on any atom is -0.493 e. The Bertz CT molecular complexity index is 572. The largest absolute Gasteiger partial charge is 0.493 e. The number of hydrogen-bond donors (Lipinski definition) is 1. The van der Waals surface area contributed by atoms with Crippen LogP contribution in [-0.4, -0.2) is 27.1 Å². The fraction of sp³-hybridized carbons (Fsp3) is 0.500. The summed E-state index contributed by atoms with van der Waals surface area (Å²) in [5.74, 6) is 0.705. The van der Waals surface area contributed by atoms with Gasteiger partial charge < -0.3 is 10.5 Å². The molecule has 2 heterocycles. The highest BCUT2D eigenvalue weighted by Crippen LogP contribution is 2.29. The van der Waals surface area contributed by atoms with Crippen molar-refractivity contribution in [1.82, 2.24) is 20.0 Å². The molecule has 1 unspecified atom stereocenters. The van der Waals surface area contributed by atoms with Gasteiger partial charge in [-0.15, -0.1) is 0 Å². The molecule has 108 valence electrons. The summed E-state index contributed by atoms with van der Waals surface area (Å²) < 4.78 is 7.23. The van der Waals surface area contributed by atoms with E-state index in [1.165, 1.54) is 0 Å². The monoisotopic (exact) mass is 275 g/mol. The third-order valence-electron chi connectivity index (χ3n) is 3.35. The van der Waals surface area contributed by atoms with Crippen LogP contribution >= 0.6 is 0 Å². The molecule has 0 fully saturated rings. The van der Waals surface area contributed by atoms with Gasteiger partial charge >= 0.3 is 0 Å². The first-order valence-corrected chi connectivity index (χ1v) is 6.80. The van der Waals surface area contributed by atoms with Crippen molar-refractivity contribution in [1.29, 1.82) is 0 Å². The van der Waals surface area contributed by atoms with Crippen molar-refractivity contribution in [2.45, 2.75) is 39.8 Å². The molecular formula is C14H21N5O. The Hall–Kier alpha value is -1.95. The summed E-state index contributed by atoms with van der Waals surface area (Å²) in [7, 11) is 1.63. The molecule has 20 heavy (non-hydrogen) atoms. The SMILES string of the molecule is CCc1nnc(C)cc1C(N)c1c(OC)cnn1CC. The van der Waals surface area contributed by atoms with Crippen molar-refractivity contribution in [3.8, 4) is 5.75 Å². The van der Waals surface area contributed by atoms with Crippen LogP contribution < -0.4 is 10.5 Å². The summed E-state index contributed by atoms with van der Waals surface area (Å²) in [6.45, 7) is 6.73. The van der Waals surface area contributed by atoms with Crippen LogP contribution in [-0.2, 0) is 13.0 Å². The summed E-state index contributed by atoms with van der Waals surface area (Å²) in [5.41, 5.74) is 10.1. The summed E-state index contributed by atoms with van der Waals surface area (Å²) in [6.07, 6.45) is 2.49. The first-order valence-electron chi connectivity index (χ1n) is 6.80. The smallest absolute Gasteiger partial charge is 0.161 e. The van der Waals surface area contributed by atoms with Crippen LogP contribution in [0.3, 0.4) is 0 Å². The molecule has 2 N–H and O–H groups in total. The second-order valence-electron chi connectivity index (χ2n) is 4.63. The van der Waals surface area contributed by atoms with E-state index in [2.05, 4.69) is 15.3 Å². The van der Waals surface area contributed by atoms with Gasteiger partial charge in [0.25, 0.3) is 0 Å². The lowest BCUT2D eigenvalue weighted by Gasteiger charge is -2.17. The standard InChI is InChI=1S/C14H21N5O/c1-5-11-10(7-9(3)17-18-11)13(15)14-12(20-4)8-16-19(14)6-2/h7-8,13H,5-6,15H2,1-4H3. The molecule has 0 saturated carbocycles. The second kappa shape index (κ2) is 6.00. The molecule has 1 atom stereocenters. The van der Waals surface area contributed by atoms with Gasteiger partial charge in [-0.3, -0.25) is 4.68 Å². The van der Waals surface area contributed by atoms with Crippen LogP contribution in [0.25, 0.3) is 0 Å². The Morgan fingerprint density at radius 3 is 2.70 bits per heavy atom. The van der Waals surface area contributed by atoms with E-state index in [1.807, 2.05) is 31.5 Å². The molecule has 0 spiro atoms. The van der Waals surface area contributed by atoms with Crippen molar-refractivity contribution in [3.05, 3.63) is 34.9 Å². The van der Waals surface area contributed by atoms with Gasteiger partial charge in [-0.2, -0.15) is 15.3 Å². The predicted octanol–water partition coefficient (Wildman–Crippen LogP) is 1.62. The quantitative estimate of drug-likeness (QED) is 0.897. The van der Waals surface area contributed by atoms with Crippen LogP contribution in [0.1, 0.15) is 42.5 Å². The first kappa shape index (κ1) is 14.5. The van der Waals surface area contributed by atoms with Gasteiger partial charge in [-0.25, -0.2) is 0 Å². The van der Waals surface area contributed by atoms with Crippen molar-refractivity contribution in [2.75, 3.05) is 7.11 Å². The molecule has 0 aliphatic heterocycles. The van der Waals surface area contributed by atoms with Gasteiger partial charge in [0.05, 0.1) is 30.7 Å². The zero-order valence-corrected chi connectivity index (χ0v) is 12.4. The molecule has 0 aliphatic carbocycles. The molecule has 0 aromatic carbocycles. The average Bonchev–Trinajstić information content (AvgIpc) is 2.89. The molecule has 2 aromatic heterocycles. The van der Waals surface area contributed by atoms with Gasteiger partial charge in [0.1, 0.15) is 5.69 Å². The Kier molecular flexibility index (Phi) is 4.34. The highest BCUT2D eigenvalue weighted by atomic mass is 16.5. The minimum absolute atomic E-state index is 0.323. The number of aryl methyl sites for hydroxylation is 3. The fourth-order valence-corrected chi connectivity index (χ4v) is 2.33. The Morgan fingerprint density at radius 1 is 1.35 bits per heavy atom. The molecule has 0 bridgehead atoms. The third kappa shape index (κ3) is 2.51. The van der Waals surface area contributed by atoms with Gasteiger partial charge in [-0.1, -0.05) is 6.92 Å². The second-order valence-corrected chi connectivity index (χ2v) is 4.63. The number of nitrogens with two attached hydrogens (primary N) is 1. The lowest BCUT2D eigenvalue weighted by molar-refractivity contribution is 0.404. The van der Waals surface area contributed by atoms with E-state index >= 15 is 0 Å². The van der Waals surface area contributed by atoms with E-state index in [1.54, 1.807) is 13.3 Å². The molecule has 6 nitrogen and oxygen atoms in total. The van der Waals surface area contributed by atoms with Crippen molar-refractivity contribution >= 4 is 0 Å². The number of hydrogen-bond acceptors (Lipinski definition) is 5. The molecule has 0 radical (unpaired) electrons. The van der Waals surface area contributed by atoms with Crippen molar-refractivity contribution < 1.29 is 4.74 Å². The van der Waals surface area contributed by atoms with E-state index in [4.69, 9.17) is 10.5 Å². The van der Waals surface area contributed by atoms with E-state index in [0.29, 0.717) is 5.75 Å². The maximum absolute atomic E-state index is 6.45. The van der Waals surface area contributed by atoms with Crippen LogP contribution in [0.15, 0.2) is 12.3 Å². The topological polar surface area (TPSA) is 78.8 Å². The van der Waals surface area contributed by atoms with Gasteiger partial charge in [0.15, 0.2) is 5.75 Å². The summed E-state index contributed by atoms with van der Waals surface area (Å²) >= 11 is 0. The molecule has 0 aliphatic rings. The number of aromatic nitrogens is 4. The van der Waals surface area contributed by atoms with Crippen molar-refractivity contribution in [3.63, 3.8) is 0 Å². The molecule has 0 saturated heterocycles. The maximum Gasteiger partial charge on any atom is 0.161 e. The van der Waals surface area contributed by atoms with E-state index < -0.39 is 0 Å². The summed E-state index contributed by atoms with van der Waals surface area (Å²) in [6, 6.07) is 1.67. The first-order chi connectivity index (χ1) is 9.62. The van der Waals surface area contributed by atoms with Crippen LogP contribution in [0.4, 0.5) is 0 Å². The van der Waals surface area contributed by atoms with Gasteiger partial charge in [0.2, 0.25) is 0 Å². The lowest BCUT2D eigenvalue weighted by Crippen LogP contribution is -2.20.